The lowest BCUT2D eigenvalue weighted by atomic mass is 10.2. The Hall–Kier alpha value is -2.07. The number of nitrogens with two attached hydrogens (primary N) is 1. The third kappa shape index (κ3) is 3.45. The van der Waals surface area contributed by atoms with Gasteiger partial charge in [-0.2, -0.15) is 0 Å². The average Bonchev–Trinajstić information content (AvgIpc) is 2.48. The first-order valence-electron chi connectivity index (χ1n) is 6.22. The highest BCUT2D eigenvalue weighted by atomic mass is 16.5. The van der Waals surface area contributed by atoms with Crippen LogP contribution < -0.4 is 15.4 Å². The van der Waals surface area contributed by atoms with Gasteiger partial charge in [0.1, 0.15) is 5.75 Å². The molecule has 0 atom stereocenters. The van der Waals surface area contributed by atoms with E-state index in [-0.39, 0.29) is 0 Å². The van der Waals surface area contributed by atoms with Crippen LogP contribution in [0.5, 0.6) is 5.75 Å². The summed E-state index contributed by atoms with van der Waals surface area (Å²) in [5.41, 5.74) is 8.73. The van der Waals surface area contributed by atoms with Crippen molar-refractivity contribution >= 4 is 5.69 Å². The topological polar surface area (TPSA) is 51.4 Å². The van der Waals surface area contributed by atoms with Crippen molar-refractivity contribution in [3.8, 4) is 5.75 Å². The molecule has 0 aliphatic rings. The van der Waals surface area contributed by atoms with Gasteiger partial charge in [0.05, 0.1) is 19.3 Å². The Labute approximate surface area is 113 Å². The Morgan fingerprint density at radius 3 is 2.74 bits per heavy atom. The molecule has 2 aromatic rings. The second kappa shape index (κ2) is 6.20. The van der Waals surface area contributed by atoms with E-state index in [0.717, 1.165) is 29.2 Å². The van der Waals surface area contributed by atoms with Crippen LogP contribution in [0.1, 0.15) is 11.3 Å². The van der Waals surface area contributed by atoms with E-state index in [1.54, 1.807) is 7.11 Å². The molecule has 0 unspecified atom stereocenters. The lowest BCUT2D eigenvalue weighted by molar-refractivity contribution is 0.415. The van der Waals surface area contributed by atoms with Crippen LogP contribution in [0.25, 0.3) is 0 Å². The highest BCUT2D eigenvalue weighted by molar-refractivity contribution is 5.50. The summed E-state index contributed by atoms with van der Waals surface area (Å²) in [4.78, 5) is 6.54. The molecule has 0 saturated carbocycles. The third-order valence-corrected chi connectivity index (χ3v) is 3.01. The minimum atomic E-state index is 0.527. The van der Waals surface area contributed by atoms with E-state index in [1.807, 2.05) is 43.6 Å². The van der Waals surface area contributed by atoms with Gasteiger partial charge in [0, 0.05) is 31.5 Å². The van der Waals surface area contributed by atoms with Crippen molar-refractivity contribution in [1.29, 1.82) is 0 Å². The van der Waals surface area contributed by atoms with Gasteiger partial charge in [0.2, 0.25) is 0 Å². The molecule has 0 saturated heterocycles. The van der Waals surface area contributed by atoms with Gasteiger partial charge < -0.3 is 15.4 Å². The maximum Gasteiger partial charge on any atom is 0.120 e. The zero-order valence-electron chi connectivity index (χ0n) is 11.3. The summed E-state index contributed by atoms with van der Waals surface area (Å²) in [5, 5.41) is 0. The normalized spacial score (nSPS) is 10.3. The smallest absolute Gasteiger partial charge is 0.120 e. The van der Waals surface area contributed by atoms with Crippen LogP contribution >= 0.6 is 0 Å². The number of anilines is 1. The summed E-state index contributed by atoms with van der Waals surface area (Å²) in [7, 11) is 3.71. The number of methoxy groups -OCH3 is 1. The Kier molecular flexibility index (Phi) is 4.36. The molecular weight excluding hydrogens is 238 g/mol. The first-order valence-corrected chi connectivity index (χ1v) is 6.22. The zero-order chi connectivity index (χ0) is 13.7. The predicted octanol–water partition coefficient (Wildman–Crippen LogP) is 2.19. The second-order valence-corrected chi connectivity index (χ2v) is 4.42. The molecule has 1 aromatic carbocycles. The minimum Gasteiger partial charge on any atom is -0.497 e. The first-order chi connectivity index (χ1) is 9.22. The van der Waals surface area contributed by atoms with Gasteiger partial charge in [-0.15, -0.1) is 0 Å². The molecule has 1 aromatic heterocycles. The highest BCUT2D eigenvalue weighted by Crippen LogP contribution is 2.20. The number of hydrogen-bond acceptors (Lipinski definition) is 4. The van der Waals surface area contributed by atoms with E-state index in [9.17, 15) is 0 Å². The van der Waals surface area contributed by atoms with Crippen LogP contribution in [0.3, 0.4) is 0 Å². The molecule has 0 radical (unpaired) electrons. The molecule has 0 bridgehead atoms. The van der Waals surface area contributed by atoms with Crippen molar-refractivity contribution in [2.45, 2.75) is 13.1 Å². The lowest BCUT2D eigenvalue weighted by Gasteiger charge is -2.19. The third-order valence-electron chi connectivity index (χ3n) is 3.01. The molecular formula is C15H19N3O. The van der Waals surface area contributed by atoms with E-state index in [4.69, 9.17) is 10.5 Å². The first kappa shape index (κ1) is 13.4. The Morgan fingerprint density at radius 1 is 1.26 bits per heavy atom. The van der Waals surface area contributed by atoms with Crippen molar-refractivity contribution in [2.75, 3.05) is 19.1 Å². The molecule has 0 aliphatic carbocycles. The molecule has 0 aliphatic heterocycles. The van der Waals surface area contributed by atoms with Gasteiger partial charge >= 0.3 is 0 Å². The second-order valence-electron chi connectivity index (χ2n) is 4.42. The Morgan fingerprint density at radius 2 is 2.11 bits per heavy atom. The molecule has 4 heteroatoms. The van der Waals surface area contributed by atoms with Crippen molar-refractivity contribution in [1.82, 2.24) is 4.98 Å². The van der Waals surface area contributed by atoms with E-state index in [1.165, 1.54) is 0 Å². The number of pyridine rings is 1. The Balaban J connectivity index is 2.08. The number of nitrogens with zero attached hydrogens (tertiary/aromatic N) is 2. The number of benzene rings is 1. The number of ether oxygens (including phenoxy) is 1. The van der Waals surface area contributed by atoms with Crippen LogP contribution in [-0.2, 0) is 13.1 Å². The van der Waals surface area contributed by atoms with Crippen LogP contribution in [0, 0.1) is 0 Å². The summed E-state index contributed by atoms with van der Waals surface area (Å²) in [6, 6.07) is 12.0. The average molecular weight is 257 g/mol. The quantitative estimate of drug-likeness (QED) is 0.892. The molecule has 1 heterocycles. The summed E-state index contributed by atoms with van der Waals surface area (Å²) in [6.45, 7) is 1.27. The summed E-state index contributed by atoms with van der Waals surface area (Å²) in [5.74, 6) is 0.857. The molecule has 2 rings (SSSR count). The van der Waals surface area contributed by atoms with E-state index in [2.05, 4.69) is 16.0 Å². The van der Waals surface area contributed by atoms with Gasteiger partial charge in [-0.25, -0.2) is 0 Å². The van der Waals surface area contributed by atoms with E-state index < -0.39 is 0 Å². The summed E-state index contributed by atoms with van der Waals surface area (Å²) < 4.78 is 5.23. The van der Waals surface area contributed by atoms with Gasteiger partial charge in [0.15, 0.2) is 0 Å². The zero-order valence-corrected chi connectivity index (χ0v) is 11.3. The molecule has 0 spiro atoms. The summed E-state index contributed by atoms with van der Waals surface area (Å²) in [6.07, 6.45) is 1.83. The van der Waals surface area contributed by atoms with Crippen molar-refractivity contribution in [3.05, 3.63) is 53.9 Å². The van der Waals surface area contributed by atoms with Crippen LogP contribution in [0.2, 0.25) is 0 Å². The van der Waals surface area contributed by atoms with Crippen LogP contribution in [0.15, 0.2) is 42.6 Å². The Bertz CT molecular complexity index is 525. The van der Waals surface area contributed by atoms with E-state index in [0.29, 0.717) is 6.54 Å². The summed E-state index contributed by atoms with van der Waals surface area (Å²) >= 11 is 0. The van der Waals surface area contributed by atoms with Gasteiger partial charge in [-0.3, -0.25) is 4.98 Å². The molecule has 0 amide bonds. The highest BCUT2D eigenvalue weighted by Gasteiger charge is 2.04. The monoisotopic (exact) mass is 257 g/mol. The van der Waals surface area contributed by atoms with Gasteiger partial charge in [0.25, 0.3) is 0 Å². The maximum atomic E-state index is 5.56. The number of rotatable bonds is 5. The van der Waals surface area contributed by atoms with Gasteiger partial charge in [-0.05, 0) is 23.8 Å². The fourth-order valence-corrected chi connectivity index (χ4v) is 1.85. The minimum absolute atomic E-state index is 0.527. The van der Waals surface area contributed by atoms with Gasteiger partial charge in [-0.1, -0.05) is 12.1 Å². The molecule has 0 fully saturated rings. The molecule has 2 N–H and O–H groups in total. The fraction of sp³-hybridized carbons (Fsp3) is 0.267. The van der Waals surface area contributed by atoms with Crippen molar-refractivity contribution in [3.63, 3.8) is 0 Å². The number of aromatic nitrogens is 1. The SMILES string of the molecule is COc1cccc(N(C)Cc2ccc(CN)cn2)c1. The molecule has 19 heavy (non-hydrogen) atoms. The predicted molar refractivity (Wildman–Crippen MR) is 77.2 cm³/mol. The van der Waals surface area contributed by atoms with E-state index >= 15 is 0 Å². The standard InChI is InChI=1S/C15H19N3O/c1-18(14-4-3-5-15(8-14)19-2)11-13-7-6-12(9-16)10-17-13/h3-8,10H,9,11,16H2,1-2H3. The number of hydrogen-bond donors (Lipinski definition) is 1. The van der Waals surface area contributed by atoms with Crippen LogP contribution in [0.4, 0.5) is 5.69 Å². The van der Waals surface area contributed by atoms with Crippen LogP contribution in [-0.4, -0.2) is 19.1 Å². The maximum absolute atomic E-state index is 5.56. The van der Waals surface area contributed by atoms with Crippen molar-refractivity contribution < 1.29 is 4.74 Å². The molecule has 100 valence electrons. The lowest BCUT2D eigenvalue weighted by Crippen LogP contribution is -2.17. The van der Waals surface area contributed by atoms with Crippen molar-refractivity contribution in [2.24, 2.45) is 5.73 Å². The largest absolute Gasteiger partial charge is 0.497 e. The molecule has 4 nitrogen and oxygen atoms in total. The fourth-order valence-electron chi connectivity index (χ4n) is 1.85.